The SMILES string of the molecule is COc1cc(/C=N\NC(=O)c2ccc(N3CCCC3)cc2)cc(I)c1OCc1ccc(Cl)cc1Cl. The Balaban J connectivity index is 1.39. The third-order valence-corrected chi connectivity index (χ3v) is 7.01. The fourth-order valence-electron chi connectivity index (χ4n) is 3.77. The highest BCUT2D eigenvalue weighted by Gasteiger charge is 2.14. The number of halogens is 3. The average Bonchev–Trinajstić information content (AvgIpc) is 3.39. The lowest BCUT2D eigenvalue weighted by atomic mass is 10.2. The van der Waals surface area contributed by atoms with Crippen LogP contribution in [0.5, 0.6) is 11.5 Å². The molecule has 4 rings (SSSR count). The number of hydrazone groups is 1. The van der Waals surface area contributed by atoms with Gasteiger partial charge in [0.1, 0.15) is 6.61 Å². The Morgan fingerprint density at radius 3 is 2.54 bits per heavy atom. The van der Waals surface area contributed by atoms with Gasteiger partial charge in [0.2, 0.25) is 0 Å². The Labute approximate surface area is 228 Å². The number of carbonyl (C=O) groups is 1. The first kappa shape index (κ1) is 25.6. The molecule has 1 amide bonds. The zero-order valence-electron chi connectivity index (χ0n) is 19.1. The van der Waals surface area contributed by atoms with Crippen LogP contribution in [0.15, 0.2) is 59.7 Å². The molecule has 1 aliphatic rings. The van der Waals surface area contributed by atoms with Crippen LogP contribution in [0.2, 0.25) is 10.0 Å². The maximum Gasteiger partial charge on any atom is 0.271 e. The Bertz CT molecular complexity index is 1230. The molecule has 0 aromatic heterocycles. The van der Waals surface area contributed by atoms with Gasteiger partial charge in [0.15, 0.2) is 11.5 Å². The number of amides is 1. The van der Waals surface area contributed by atoms with Crippen molar-refractivity contribution < 1.29 is 14.3 Å². The van der Waals surface area contributed by atoms with Crippen molar-refractivity contribution in [3.05, 3.63) is 84.9 Å². The Morgan fingerprint density at radius 1 is 1.11 bits per heavy atom. The summed E-state index contributed by atoms with van der Waals surface area (Å²) in [4.78, 5) is 14.8. The molecule has 6 nitrogen and oxygen atoms in total. The number of ether oxygens (including phenoxy) is 2. The van der Waals surface area contributed by atoms with Crippen molar-refractivity contribution in [2.75, 3.05) is 25.1 Å². The molecule has 35 heavy (non-hydrogen) atoms. The van der Waals surface area contributed by atoms with Gasteiger partial charge in [-0.2, -0.15) is 5.10 Å². The topological polar surface area (TPSA) is 63.2 Å². The van der Waals surface area contributed by atoms with E-state index in [0.717, 1.165) is 33.5 Å². The molecular formula is C26H24Cl2IN3O3. The van der Waals surface area contributed by atoms with Gasteiger partial charge in [-0.1, -0.05) is 29.3 Å². The standard InChI is InChI=1S/C26H24Cl2IN3O3/c1-34-24-13-17(12-23(29)25(24)35-16-19-4-7-20(27)14-22(19)28)15-30-31-26(33)18-5-8-21(9-6-18)32-10-2-3-11-32/h4-9,12-15H,2-3,10-11,16H2,1H3,(H,31,33)/b30-15-. The summed E-state index contributed by atoms with van der Waals surface area (Å²) in [6.07, 6.45) is 4.00. The van der Waals surface area contributed by atoms with E-state index in [0.29, 0.717) is 27.1 Å². The molecule has 0 atom stereocenters. The summed E-state index contributed by atoms with van der Waals surface area (Å²) in [5, 5.41) is 5.22. The number of carbonyl (C=O) groups excluding carboxylic acids is 1. The monoisotopic (exact) mass is 623 g/mol. The number of rotatable bonds is 8. The summed E-state index contributed by atoms with van der Waals surface area (Å²) in [7, 11) is 1.57. The van der Waals surface area contributed by atoms with Gasteiger partial charge in [0, 0.05) is 39.9 Å². The number of hydrogen-bond donors (Lipinski definition) is 1. The van der Waals surface area contributed by atoms with Crippen molar-refractivity contribution in [3.8, 4) is 11.5 Å². The van der Waals surface area contributed by atoms with E-state index in [1.807, 2.05) is 36.4 Å². The highest BCUT2D eigenvalue weighted by molar-refractivity contribution is 14.1. The summed E-state index contributed by atoms with van der Waals surface area (Å²) in [5.41, 5.74) is 5.86. The molecule has 0 spiro atoms. The molecule has 1 saturated heterocycles. The van der Waals surface area contributed by atoms with Crippen molar-refractivity contribution in [2.45, 2.75) is 19.4 Å². The fraction of sp³-hybridized carbons (Fsp3) is 0.231. The largest absolute Gasteiger partial charge is 0.493 e. The number of methoxy groups -OCH3 is 1. The predicted molar refractivity (Wildman–Crippen MR) is 149 cm³/mol. The van der Waals surface area contributed by atoms with Crippen molar-refractivity contribution in [2.24, 2.45) is 5.10 Å². The smallest absolute Gasteiger partial charge is 0.271 e. The molecule has 1 heterocycles. The fourth-order valence-corrected chi connectivity index (χ4v) is 5.02. The molecular weight excluding hydrogens is 600 g/mol. The number of anilines is 1. The average molecular weight is 624 g/mol. The van der Waals surface area contributed by atoms with Gasteiger partial charge < -0.3 is 14.4 Å². The first-order valence-electron chi connectivity index (χ1n) is 11.1. The molecule has 182 valence electrons. The van der Waals surface area contributed by atoms with Crippen molar-refractivity contribution >= 4 is 63.6 Å². The van der Waals surface area contributed by atoms with Crippen LogP contribution in [0.25, 0.3) is 0 Å². The quantitative estimate of drug-likeness (QED) is 0.176. The molecule has 3 aromatic carbocycles. The highest BCUT2D eigenvalue weighted by atomic mass is 127. The van der Waals surface area contributed by atoms with E-state index in [1.165, 1.54) is 12.8 Å². The number of nitrogens with zero attached hydrogens (tertiary/aromatic N) is 2. The van der Waals surface area contributed by atoms with Crippen LogP contribution in [-0.2, 0) is 6.61 Å². The second-order valence-electron chi connectivity index (χ2n) is 8.00. The second-order valence-corrected chi connectivity index (χ2v) is 10.0. The third-order valence-electron chi connectivity index (χ3n) is 5.62. The summed E-state index contributed by atoms with van der Waals surface area (Å²) in [6.45, 7) is 2.40. The molecule has 0 saturated carbocycles. The lowest BCUT2D eigenvalue weighted by molar-refractivity contribution is 0.0955. The van der Waals surface area contributed by atoms with E-state index in [1.54, 1.807) is 31.5 Å². The highest BCUT2D eigenvalue weighted by Crippen LogP contribution is 2.35. The van der Waals surface area contributed by atoms with Crippen LogP contribution >= 0.6 is 45.8 Å². The summed E-state index contributed by atoms with van der Waals surface area (Å²) < 4.78 is 12.3. The number of nitrogens with one attached hydrogen (secondary N) is 1. The lowest BCUT2D eigenvalue weighted by Gasteiger charge is -2.17. The number of benzene rings is 3. The van der Waals surface area contributed by atoms with E-state index in [-0.39, 0.29) is 12.5 Å². The first-order valence-corrected chi connectivity index (χ1v) is 12.9. The Hall–Kier alpha value is -2.49. The summed E-state index contributed by atoms with van der Waals surface area (Å²) >= 11 is 14.4. The van der Waals surface area contributed by atoms with Crippen molar-refractivity contribution in [1.82, 2.24) is 5.43 Å². The van der Waals surface area contributed by atoms with Crippen molar-refractivity contribution in [3.63, 3.8) is 0 Å². The molecule has 9 heteroatoms. The molecule has 0 unspecified atom stereocenters. The molecule has 1 aliphatic heterocycles. The zero-order chi connectivity index (χ0) is 24.8. The molecule has 1 N–H and O–H groups in total. The van der Waals surface area contributed by atoms with Gasteiger partial charge in [-0.25, -0.2) is 5.43 Å². The van der Waals surface area contributed by atoms with Gasteiger partial charge in [-0.3, -0.25) is 4.79 Å². The van der Waals surface area contributed by atoms with Crippen LogP contribution in [0, 0.1) is 3.57 Å². The third kappa shape index (κ3) is 6.59. The van der Waals surface area contributed by atoms with Gasteiger partial charge in [0.05, 0.1) is 16.9 Å². The summed E-state index contributed by atoms with van der Waals surface area (Å²) in [6, 6.07) is 16.6. The van der Waals surface area contributed by atoms with E-state index < -0.39 is 0 Å². The van der Waals surface area contributed by atoms with Crippen LogP contribution in [-0.4, -0.2) is 32.3 Å². The number of hydrogen-bond acceptors (Lipinski definition) is 5. The predicted octanol–water partition coefficient (Wildman–Crippen LogP) is 6.55. The second kappa shape index (κ2) is 12.0. The zero-order valence-corrected chi connectivity index (χ0v) is 22.7. The van der Waals surface area contributed by atoms with E-state index >= 15 is 0 Å². The van der Waals surface area contributed by atoms with Crippen LogP contribution in [0.4, 0.5) is 5.69 Å². The maximum absolute atomic E-state index is 12.5. The Morgan fingerprint density at radius 2 is 1.86 bits per heavy atom. The molecule has 0 bridgehead atoms. The first-order chi connectivity index (χ1) is 16.9. The minimum absolute atomic E-state index is 0.266. The minimum Gasteiger partial charge on any atom is -0.493 e. The molecule has 3 aromatic rings. The van der Waals surface area contributed by atoms with Crippen LogP contribution < -0.4 is 19.8 Å². The normalized spacial score (nSPS) is 13.3. The van der Waals surface area contributed by atoms with Crippen LogP contribution in [0.3, 0.4) is 0 Å². The van der Waals surface area contributed by atoms with Gasteiger partial charge in [-0.15, -0.1) is 0 Å². The van der Waals surface area contributed by atoms with Gasteiger partial charge >= 0.3 is 0 Å². The van der Waals surface area contributed by atoms with Crippen molar-refractivity contribution in [1.29, 1.82) is 0 Å². The molecule has 0 aliphatic carbocycles. The van der Waals surface area contributed by atoms with Gasteiger partial charge in [0.25, 0.3) is 5.91 Å². The Kier molecular flexibility index (Phi) is 8.75. The maximum atomic E-state index is 12.5. The van der Waals surface area contributed by atoms with Crippen LogP contribution in [0.1, 0.15) is 34.3 Å². The molecule has 0 radical (unpaired) electrons. The lowest BCUT2D eigenvalue weighted by Crippen LogP contribution is -2.19. The van der Waals surface area contributed by atoms with E-state index in [2.05, 4.69) is 38.0 Å². The van der Waals surface area contributed by atoms with E-state index in [9.17, 15) is 4.79 Å². The molecule has 1 fully saturated rings. The van der Waals surface area contributed by atoms with Gasteiger partial charge in [-0.05, 0) is 89.5 Å². The van der Waals surface area contributed by atoms with E-state index in [4.69, 9.17) is 32.7 Å². The summed E-state index contributed by atoms with van der Waals surface area (Å²) in [5.74, 6) is 0.876. The minimum atomic E-state index is -0.268.